The molecule has 0 aliphatic heterocycles. The Bertz CT molecular complexity index is 1360. The maximum atomic E-state index is 9.10. The van der Waals surface area contributed by atoms with E-state index in [4.69, 9.17) is 30.3 Å². The van der Waals surface area contributed by atoms with Crippen LogP contribution in [0.2, 0.25) is 0 Å². The summed E-state index contributed by atoms with van der Waals surface area (Å²) in [5, 5.41) is 41.0. The molecule has 0 fully saturated rings. The van der Waals surface area contributed by atoms with Crippen LogP contribution in [0.1, 0.15) is 45.0 Å². The maximum Gasteiger partial charge on any atom is 0.414 e. The van der Waals surface area contributed by atoms with Crippen LogP contribution in [0.4, 0.5) is 0 Å². The van der Waals surface area contributed by atoms with Gasteiger partial charge >= 0.3 is 11.9 Å². The third-order valence-electron chi connectivity index (χ3n) is 5.22. The summed E-state index contributed by atoms with van der Waals surface area (Å²) in [6.45, 7) is 9.58. The number of aliphatic carboxylic acids is 2. The van der Waals surface area contributed by atoms with Crippen molar-refractivity contribution >= 4 is 11.9 Å². The van der Waals surface area contributed by atoms with Crippen molar-refractivity contribution in [3.05, 3.63) is 106 Å². The molecule has 2 aromatic heterocycles. The number of aromatic nitrogens is 4. The van der Waals surface area contributed by atoms with Crippen molar-refractivity contribution in [2.75, 3.05) is 0 Å². The van der Waals surface area contributed by atoms with E-state index in [1.807, 2.05) is 85.6 Å². The van der Waals surface area contributed by atoms with Gasteiger partial charge in [0, 0.05) is 11.4 Å². The molecule has 4 aromatic rings. The fraction of sp³-hybridized carbons (Fsp3) is 0.214. The summed E-state index contributed by atoms with van der Waals surface area (Å²) in [4.78, 5) is 18.2. The van der Waals surface area contributed by atoms with Gasteiger partial charge in [-0.2, -0.15) is 20.7 Å². The van der Waals surface area contributed by atoms with Crippen LogP contribution in [0.3, 0.4) is 0 Å². The number of carbonyl (C=O) groups is 2. The molecule has 0 unspecified atom stereocenters. The molecule has 2 aromatic carbocycles. The Kier molecular flexibility index (Phi) is 10.5. The molecule has 2 heterocycles. The third kappa shape index (κ3) is 9.10. The van der Waals surface area contributed by atoms with Gasteiger partial charge in [-0.25, -0.2) is 9.59 Å². The van der Waals surface area contributed by atoms with Crippen LogP contribution in [0.25, 0.3) is 0 Å². The molecule has 4 rings (SSSR count). The van der Waals surface area contributed by atoms with Crippen LogP contribution in [-0.2, 0) is 22.7 Å². The molecule has 10 nitrogen and oxygen atoms in total. The number of benzene rings is 2. The van der Waals surface area contributed by atoms with Crippen LogP contribution in [0, 0.1) is 50.4 Å². The summed E-state index contributed by atoms with van der Waals surface area (Å²) >= 11 is 0. The summed E-state index contributed by atoms with van der Waals surface area (Å²) in [6, 6.07) is 23.5. The lowest BCUT2D eigenvalue weighted by Gasteiger charge is -2.04. The minimum atomic E-state index is -1.82. The first-order valence-corrected chi connectivity index (χ1v) is 11.5. The van der Waals surface area contributed by atoms with E-state index >= 15 is 0 Å². The molecule has 2 N–H and O–H groups in total. The second-order valence-corrected chi connectivity index (χ2v) is 8.40. The molecule has 0 saturated heterocycles. The zero-order valence-corrected chi connectivity index (χ0v) is 21.6. The number of nitriles is 2. The van der Waals surface area contributed by atoms with Gasteiger partial charge in [-0.15, -0.1) is 0 Å². The molecule has 194 valence electrons. The number of hydrogen-bond donors (Lipinski definition) is 2. The normalized spacial score (nSPS) is 9.63. The molecule has 0 spiro atoms. The molecule has 0 bridgehead atoms. The SMILES string of the molecule is Cc1cc(C)n(Cc2ccc(C#N)cc2)n1.Cc1cc(C)n(Cc2ccc(C#N)cc2)n1.O=C(O)C(=O)O. The van der Waals surface area contributed by atoms with Gasteiger partial charge in [0.1, 0.15) is 0 Å². The van der Waals surface area contributed by atoms with Gasteiger partial charge in [0.2, 0.25) is 0 Å². The third-order valence-corrected chi connectivity index (χ3v) is 5.22. The second-order valence-electron chi connectivity index (χ2n) is 8.40. The number of rotatable bonds is 4. The monoisotopic (exact) mass is 512 g/mol. The van der Waals surface area contributed by atoms with Gasteiger partial charge in [0.25, 0.3) is 0 Å². The largest absolute Gasteiger partial charge is 0.473 e. The van der Waals surface area contributed by atoms with Gasteiger partial charge in [-0.05, 0) is 75.2 Å². The number of carboxylic acid groups (broad SMARTS) is 2. The first kappa shape index (κ1) is 29.0. The fourth-order valence-electron chi connectivity index (χ4n) is 3.39. The molecular formula is C28H28N6O4. The van der Waals surface area contributed by atoms with E-state index in [1.165, 1.54) is 0 Å². The van der Waals surface area contributed by atoms with E-state index in [0.717, 1.165) is 47.0 Å². The molecule has 0 amide bonds. The summed E-state index contributed by atoms with van der Waals surface area (Å²) in [6.07, 6.45) is 0. The predicted molar refractivity (Wildman–Crippen MR) is 139 cm³/mol. The lowest BCUT2D eigenvalue weighted by Crippen LogP contribution is -2.09. The average Bonchev–Trinajstić information content (AvgIpc) is 3.38. The number of hydrogen-bond acceptors (Lipinski definition) is 6. The van der Waals surface area contributed by atoms with E-state index in [2.05, 4.69) is 34.5 Å². The second kappa shape index (κ2) is 13.8. The highest BCUT2D eigenvalue weighted by Gasteiger charge is 2.04. The highest BCUT2D eigenvalue weighted by Crippen LogP contribution is 2.09. The lowest BCUT2D eigenvalue weighted by atomic mass is 10.1. The Morgan fingerprint density at radius 2 is 1.00 bits per heavy atom. The van der Waals surface area contributed by atoms with Crippen LogP contribution >= 0.6 is 0 Å². The lowest BCUT2D eigenvalue weighted by molar-refractivity contribution is -0.159. The van der Waals surface area contributed by atoms with E-state index in [-0.39, 0.29) is 0 Å². The zero-order valence-electron chi connectivity index (χ0n) is 21.6. The van der Waals surface area contributed by atoms with E-state index < -0.39 is 11.9 Å². The van der Waals surface area contributed by atoms with Gasteiger partial charge in [0.15, 0.2) is 0 Å². The summed E-state index contributed by atoms with van der Waals surface area (Å²) in [5.74, 6) is -3.65. The minimum Gasteiger partial charge on any atom is -0.473 e. The Morgan fingerprint density at radius 3 is 1.21 bits per heavy atom. The minimum absolute atomic E-state index is 0.692. The smallest absolute Gasteiger partial charge is 0.414 e. The van der Waals surface area contributed by atoms with Gasteiger partial charge < -0.3 is 10.2 Å². The average molecular weight is 513 g/mol. The topological polar surface area (TPSA) is 158 Å². The van der Waals surface area contributed by atoms with Crippen LogP contribution in [-0.4, -0.2) is 41.7 Å². The number of nitrogens with zero attached hydrogens (tertiary/aromatic N) is 6. The number of carboxylic acids is 2. The van der Waals surface area contributed by atoms with E-state index in [0.29, 0.717) is 11.1 Å². The van der Waals surface area contributed by atoms with Crippen LogP contribution in [0.5, 0.6) is 0 Å². The van der Waals surface area contributed by atoms with E-state index in [1.54, 1.807) is 0 Å². The Morgan fingerprint density at radius 1 is 0.684 bits per heavy atom. The predicted octanol–water partition coefficient (Wildman–Crippen LogP) is 4.00. The Balaban J connectivity index is 0.000000221. The van der Waals surface area contributed by atoms with Gasteiger partial charge in [0.05, 0.1) is 47.7 Å². The maximum absolute atomic E-state index is 9.10. The van der Waals surface area contributed by atoms with Crippen molar-refractivity contribution in [3.8, 4) is 12.1 Å². The first-order valence-electron chi connectivity index (χ1n) is 11.5. The molecule has 0 aliphatic rings. The highest BCUT2D eigenvalue weighted by molar-refractivity contribution is 6.27. The molecule has 10 heteroatoms. The molecule has 0 atom stereocenters. The van der Waals surface area contributed by atoms with Gasteiger partial charge in [-0.3, -0.25) is 9.36 Å². The molecular weight excluding hydrogens is 484 g/mol. The van der Waals surface area contributed by atoms with Crippen molar-refractivity contribution in [1.29, 1.82) is 10.5 Å². The molecule has 0 saturated carbocycles. The number of aryl methyl sites for hydroxylation is 4. The van der Waals surface area contributed by atoms with E-state index in [9.17, 15) is 0 Å². The zero-order chi connectivity index (χ0) is 28.2. The summed E-state index contributed by atoms with van der Waals surface area (Å²) in [5.41, 5.74) is 8.07. The van der Waals surface area contributed by atoms with Crippen molar-refractivity contribution in [2.24, 2.45) is 0 Å². The van der Waals surface area contributed by atoms with Crippen molar-refractivity contribution < 1.29 is 19.8 Å². The van der Waals surface area contributed by atoms with Crippen molar-refractivity contribution in [1.82, 2.24) is 19.6 Å². The summed E-state index contributed by atoms with van der Waals surface area (Å²) in [7, 11) is 0. The molecule has 0 radical (unpaired) electrons. The van der Waals surface area contributed by atoms with Crippen LogP contribution < -0.4 is 0 Å². The van der Waals surface area contributed by atoms with Crippen molar-refractivity contribution in [3.63, 3.8) is 0 Å². The quantitative estimate of drug-likeness (QED) is 0.388. The Hall–Kier alpha value is -5.22. The molecule has 0 aliphatic carbocycles. The fourth-order valence-corrected chi connectivity index (χ4v) is 3.39. The standard InChI is InChI=1S/2C13H13N3.C2H2O4/c2*1-10-7-11(2)16(15-10)9-13-5-3-12(8-14)4-6-13;3-1(4)2(5)6/h2*3-7H,9H2,1-2H3;(H,3,4)(H,5,6). The van der Waals surface area contributed by atoms with Crippen molar-refractivity contribution in [2.45, 2.75) is 40.8 Å². The Labute approximate surface area is 220 Å². The summed E-state index contributed by atoms with van der Waals surface area (Å²) < 4.78 is 3.94. The van der Waals surface area contributed by atoms with Gasteiger partial charge in [-0.1, -0.05) is 24.3 Å². The molecule has 38 heavy (non-hydrogen) atoms. The highest BCUT2D eigenvalue weighted by atomic mass is 16.4. The first-order chi connectivity index (χ1) is 18.0. The van der Waals surface area contributed by atoms with Crippen LogP contribution in [0.15, 0.2) is 60.7 Å².